The summed E-state index contributed by atoms with van der Waals surface area (Å²) in [5.41, 5.74) is 1.42. The van der Waals surface area contributed by atoms with Gasteiger partial charge in [0.25, 0.3) is 5.91 Å². The van der Waals surface area contributed by atoms with Crippen LogP contribution in [0.3, 0.4) is 0 Å². The standard InChI is InChI=1S/C18H19ClN2O3/c1-11-6-15(12-4-3-5-20-9-12)21(10-11)18(23)13-7-14(19)17(22)16(8-13)24-2/h3-5,7-9,11,15,22H,6,10H2,1-2H3. The molecule has 0 aliphatic carbocycles. The van der Waals surface area contributed by atoms with Crippen molar-refractivity contribution in [2.45, 2.75) is 19.4 Å². The van der Waals surface area contributed by atoms with Gasteiger partial charge in [-0.2, -0.15) is 0 Å². The fraction of sp³-hybridized carbons (Fsp3) is 0.333. The van der Waals surface area contributed by atoms with Crippen LogP contribution in [0.5, 0.6) is 11.5 Å². The third-order valence-electron chi connectivity index (χ3n) is 4.34. The van der Waals surface area contributed by atoms with Gasteiger partial charge in [-0.1, -0.05) is 24.6 Å². The Morgan fingerprint density at radius 1 is 1.46 bits per heavy atom. The quantitative estimate of drug-likeness (QED) is 0.921. The van der Waals surface area contributed by atoms with Gasteiger partial charge in [0.15, 0.2) is 11.5 Å². The maximum atomic E-state index is 13.0. The summed E-state index contributed by atoms with van der Waals surface area (Å²) in [6.07, 6.45) is 4.41. The number of phenols is 1. The predicted octanol–water partition coefficient (Wildman–Crippen LogP) is 3.67. The molecule has 1 saturated heterocycles. The molecule has 5 nitrogen and oxygen atoms in total. The topological polar surface area (TPSA) is 62.7 Å². The zero-order chi connectivity index (χ0) is 17.3. The van der Waals surface area contributed by atoms with E-state index < -0.39 is 0 Å². The van der Waals surface area contributed by atoms with Gasteiger partial charge in [0.1, 0.15) is 0 Å². The summed E-state index contributed by atoms with van der Waals surface area (Å²) in [4.78, 5) is 19.0. The number of ether oxygens (including phenoxy) is 1. The van der Waals surface area contributed by atoms with Crippen molar-refractivity contribution in [2.75, 3.05) is 13.7 Å². The van der Waals surface area contributed by atoms with Crippen molar-refractivity contribution in [1.29, 1.82) is 0 Å². The van der Waals surface area contributed by atoms with E-state index in [2.05, 4.69) is 11.9 Å². The van der Waals surface area contributed by atoms with E-state index in [-0.39, 0.29) is 28.5 Å². The maximum Gasteiger partial charge on any atom is 0.254 e. The number of hydrogen-bond acceptors (Lipinski definition) is 4. The summed E-state index contributed by atoms with van der Waals surface area (Å²) < 4.78 is 5.10. The number of benzene rings is 1. The number of phenolic OH excluding ortho intramolecular Hbond substituents is 1. The van der Waals surface area contributed by atoms with Gasteiger partial charge in [0, 0.05) is 24.5 Å². The van der Waals surface area contributed by atoms with E-state index in [0.29, 0.717) is 18.0 Å². The van der Waals surface area contributed by atoms with Crippen LogP contribution in [0.15, 0.2) is 36.7 Å². The normalized spacial score (nSPS) is 20.2. The molecule has 1 amide bonds. The van der Waals surface area contributed by atoms with Crippen LogP contribution in [-0.4, -0.2) is 34.6 Å². The Morgan fingerprint density at radius 3 is 2.92 bits per heavy atom. The molecule has 2 atom stereocenters. The van der Waals surface area contributed by atoms with E-state index in [4.69, 9.17) is 16.3 Å². The SMILES string of the molecule is COc1cc(C(=O)N2CC(C)CC2c2cccnc2)cc(Cl)c1O. The van der Waals surface area contributed by atoms with Crippen molar-refractivity contribution in [2.24, 2.45) is 5.92 Å². The molecule has 1 aliphatic rings. The van der Waals surface area contributed by atoms with Crippen molar-refractivity contribution >= 4 is 17.5 Å². The molecule has 1 aromatic heterocycles. The van der Waals surface area contributed by atoms with Crippen LogP contribution in [0.4, 0.5) is 0 Å². The van der Waals surface area contributed by atoms with Gasteiger partial charge in [0.2, 0.25) is 0 Å². The van der Waals surface area contributed by atoms with Gasteiger partial charge in [-0.15, -0.1) is 0 Å². The second-order valence-electron chi connectivity index (χ2n) is 6.11. The summed E-state index contributed by atoms with van der Waals surface area (Å²) in [6.45, 7) is 2.79. The van der Waals surface area contributed by atoms with E-state index in [1.54, 1.807) is 12.4 Å². The second-order valence-corrected chi connectivity index (χ2v) is 6.52. The fourth-order valence-electron chi connectivity index (χ4n) is 3.18. The number of hydrogen-bond donors (Lipinski definition) is 1. The number of pyridine rings is 1. The van der Waals surface area contributed by atoms with Crippen molar-refractivity contribution < 1.29 is 14.6 Å². The lowest BCUT2D eigenvalue weighted by molar-refractivity contribution is 0.0731. The Kier molecular flexibility index (Phi) is 4.62. The van der Waals surface area contributed by atoms with Crippen LogP contribution >= 0.6 is 11.6 Å². The lowest BCUT2D eigenvalue weighted by atomic mass is 10.0. The Morgan fingerprint density at radius 2 is 2.25 bits per heavy atom. The van der Waals surface area contributed by atoms with Gasteiger partial charge < -0.3 is 14.7 Å². The molecule has 2 unspecified atom stereocenters. The first-order valence-corrected chi connectivity index (χ1v) is 8.16. The predicted molar refractivity (Wildman–Crippen MR) is 91.5 cm³/mol. The van der Waals surface area contributed by atoms with Gasteiger partial charge in [-0.3, -0.25) is 9.78 Å². The number of halogens is 1. The average Bonchev–Trinajstić information content (AvgIpc) is 2.99. The summed E-state index contributed by atoms with van der Waals surface area (Å²) in [6, 6.07) is 6.85. The molecular formula is C18H19ClN2O3. The summed E-state index contributed by atoms with van der Waals surface area (Å²) in [5, 5.41) is 9.95. The van der Waals surface area contributed by atoms with Crippen LogP contribution < -0.4 is 4.74 Å². The molecule has 1 aliphatic heterocycles. The minimum atomic E-state index is -0.158. The van der Waals surface area contributed by atoms with Gasteiger partial charge in [-0.05, 0) is 36.1 Å². The van der Waals surface area contributed by atoms with Crippen LogP contribution in [0.2, 0.25) is 5.02 Å². The van der Waals surface area contributed by atoms with Crippen molar-refractivity contribution in [1.82, 2.24) is 9.88 Å². The number of amides is 1. The zero-order valence-corrected chi connectivity index (χ0v) is 14.3. The number of carbonyl (C=O) groups excluding carboxylic acids is 1. The van der Waals surface area contributed by atoms with E-state index in [1.165, 1.54) is 19.2 Å². The largest absolute Gasteiger partial charge is 0.503 e. The molecule has 2 aromatic rings. The zero-order valence-electron chi connectivity index (χ0n) is 13.6. The molecule has 6 heteroatoms. The Hall–Kier alpha value is -2.27. The summed E-state index contributed by atoms with van der Waals surface area (Å²) in [5.74, 6) is 0.299. The van der Waals surface area contributed by atoms with Gasteiger partial charge in [0.05, 0.1) is 18.2 Å². The van der Waals surface area contributed by atoms with E-state index in [0.717, 1.165) is 12.0 Å². The minimum Gasteiger partial charge on any atom is -0.503 e. The number of carbonyl (C=O) groups is 1. The van der Waals surface area contributed by atoms with Crippen LogP contribution in [0.1, 0.15) is 35.3 Å². The monoisotopic (exact) mass is 346 g/mol. The molecule has 2 heterocycles. The Bertz CT molecular complexity index is 751. The maximum absolute atomic E-state index is 13.0. The van der Waals surface area contributed by atoms with Crippen molar-refractivity contribution in [3.8, 4) is 11.5 Å². The molecule has 0 radical (unpaired) electrons. The first-order valence-electron chi connectivity index (χ1n) is 7.78. The number of rotatable bonds is 3. The van der Waals surface area contributed by atoms with E-state index in [9.17, 15) is 9.90 Å². The highest BCUT2D eigenvalue weighted by Crippen LogP contribution is 2.39. The number of methoxy groups -OCH3 is 1. The van der Waals surface area contributed by atoms with Crippen LogP contribution in [-0.2, 0) is 0 Å². The molecule has 3 rings (SSSR count). The molecule has 1 fully saturated rings. The fourth-order valence-corrected chi connectivity index (χ4v) is 3.39. The smallest absolute Gasteiger partial charge is 0.254 e. The number of aromatic hydroxyl groups is 1. The highest BCUT2D eigenvalue weighted by atomic mass is 35.5. The first-order chi connectivity index (χ1) is 11.5. The molecule has 126 valence electrons. The average molecular weight is 347 g/mol. The lowest BCUT2D eigenvalue weighted by Crippen LogP contribution is -2.31. The van der Waals surface area contributed by atoms with Crippen molar-refractivity contribution in [3.63, 3.8) is 0 Å². The molecule has 0 bridgehead atoms. The first kappa shape index (κ1) is 16.6. The minimum absolute atomic E-state index is 0.0141. The highest BCUT2D eigenvalue weighted by Gasteiger charge is 2.35. The van der Waals surface area contributed by atoms with Gasteiger partial charge >= 0.3 is 0 Å². The lowest BCUT2D eigenvalue weighted by Gasteiger charge is -2.25. The Balaban J connectivity index is 1.95. The summed E-state index contributed by atoms with van der Waals surface area (Å²) >= 11 is 6.02. The second kappa shape index (κ2) is 6.69. The Labute approximate surface area is 145 Å². The summed E-state index contributed by atoms with van der Waals surface area (Å²) in [7, 11) is 1.43. The molecule has 0 spiro atoms. The highest BCUT2D eigenvalue weighted by molar-refractivity contribution is 6.32. The van der Waals surface area contributed by atoms with Crippen molar-refractivity contribution in [3.05, 3.63) is 52.8 Å². The van der Waals surface area contributed by atoms with E-state index in [1.807, 2.05) is 17.0 Å². The number of likely N-dealkylation sites (tertiary alicyclic amines) is 1. The number of nitrogens with zero attached hydrogens (tertiary/aromatic N) is 2. The molecule has 1 aromatic carbocycles. The molecule has 24 heavy (non-hydrogen) atoms. The van der Waals surface area contributed by atoms with Crippen LogP contribution in [0.25, 0.3) is 0 Å². The van der Waals surface area contributed by atoms with Gasteiger partial charge in [-0.25, -0.2) is 0 Å². The molecular weight excluding hydrogens is 328 g/mol. The molecule has 0 saturated carbocycles. The molecule has 1 N–H and O–H groups in total. The third-order valence-corrected chi connectivity index (χ3v) is 4.62. The van der Waals surface area contributed by atoms with Crippen LogP contribution in [0, 0.1) is 5.92 Å². The number of aromatic nitrogens is 1. The van der Waals surface area contributed by atoms with E-state index >= 15 is 0 Å². The third kappa shape index (κ3) is 3.04.